The zero-order valence-corrected chi connectivity index (χ0v) is 12.5. The van der Waals surface area contributed by atoms with Gasteiger partial charge in [-0.1, -0.05) is 18.2 Å². The van der Waals surface area contributed by atoms with Crippen LogP contribution < -0.4 is 16.2 Å². The Hall–Kier alpha value is -2.14. The predicted octanol–water partition coefficient (Wildman–Crippen LogP) is 2.81. The molecule has 0 radical (unpaired) electrons. The Kier molecular flexibility index (Phi) is 4.20. The standard InChI is InChI=1S/C15H17N3OS/c1-10-9-13(14(19)18(3)11(10)2)17-15(20)16-12-7-5-4-6-8-12/h4-9H,1-3H3,(H2,16,17,20). The highest BCUT2D eigenvalue weighted by Crippen LogP contribution is 2.10. The maximum Gasteiger partial charge on any atom is 0.274 e. The van der Waals surface area contributed by atoms with E-state index in [1.165, 1.54) is 0 Å². The van der Waals surface area contributed by atoms with Gasteiger partial charge in [0.15, 0.2) is 5.11 Å². The molecule has 4 nitrogen and oxygen atoms in total. The summed E-state index contributed by atoms with van der Waals surface area (Å²) >= 11 is 5.23. The number of anilines is 2. The van der Waals surface area contributed by atoms with Crippen molar-refractivity contribution in [1.82, 2.24) is 4.57 Å². The van der Waals surface area contributed by atoms with Crippen molar-refractivity contribution < 1.29 is 0 Å². The van der Waals surface area contributed by atoms with Crippen LogP contribution in [-0.2, 0) is 7.05 Å². The van der Waals surface area contributed by atoms with Crippen molar-refractivity contribution in [3.63, 3.8) is 0 Å². The molecule has 0 spiro atoms. The Balaban J connectivity index is 2.19. The van der Waals surface area contributed by atoms with E-state index in [-0.39, 0.29) is 5.56 Å². The molecule has 1 aromatic heterocycles. The van der Waals surface area contributed by atoms with Crippen molar-refractivity contribution in [2.75, 3.05) is 10.6 Å². The van der Waals surface area contributed by atoms with Crippen LogP contribution in [-0.4, -0.2) is 9.68 Å². The zero-order chi connectivity index (χ0) is 14.7. The van der Waals surface area contributed by atoms with Gasteiger partial charge in [-0.3, -0.25) is 4.79 Å². The molecular weight excluding hydrogens is 270 g/mol. The number of aryl methyl sites for hydroxylation is 1. The first-order valence-electron chi connectivity index (χ1n) is 6.29. The van der Waals surface area contributed by atoms with Crippen molar-refractivity contribution in [3.8, 4) is 0 Å². The lowest BCUT2D eigenvalue weighted by atomic mass is 10.2. The molecule has 0 saturated carbocycles. The smallest absolute Gasteiger partial charge is 0.274 e. The van der Waals surface area contributed by atoms with E-state index in [4.69, 9.17) is 12.2 Å². The summed E-state index contributed by atoms with van der Waals surface area (Å²) < 4.78 is 1.61. The van der Waals surface area contributed by atoms with Gasteiger partial charge in [0, 0.05) is 18.4 Å². The van der Waals surface area contributed by atoms with Gasteiger partial charge >= 0.3 is 0 Å². The summed E-state index contributed by atoms with van der Waals surface area (Å²) in [7, 11) is 1.75. The summed E-state index contributed by atoms with van der Waals surface area (Å²) in [6.07, 6.45) is 0. The molecule has 0 aliphatic heterocycles. The molecule has 104 valence electrons. The minimum atomic E-state index is -0.0923. The molecule has 0 unspecified atom stereocenters. The van der Waals surface area contributed by atoms with E-state index in [1.54, 1.807) is 11.6 Å². The minimum absolute atomic E-state index is 0.0923. The Morgan fingerprint density at radius 1 is 1.15 bits per heavy atom. The number of benzene rings is 1. The molecule has 0 bridgehead atoms. The highest BCUT2D eigenvalue weighted by Gasteiger charge is 2.08. The fourth-order valence-electron chi connectivity index (χ4n) is 1.88. The molecule has 0 atom stereocenters. The third-order valence-corrected chi connectivity index (χ3v) is 3.45. The van der Waals surface area contributed by atoms with Crippen molar-refractivity contribution in [2.45, 2.75) is 13.8 Å². The average Bonchev–Trinajstić information content (AvgIpc) is 2.43. The first-order chi connectivity index (χ1) is 9.49. The van der Waals surface area contributed by atoms with Crippen LogP contribution in [0, 0.1) is 13.8 Å². The van der Waals surface area contributed by atoms with Gasteiger partial charge < -0.3 is 15.2 Å². The van der Waals surface area contributed by atoms with E-state index in [2.05, 4.69) is 10.6 Å². The highest BCUT2D eigenvalue weighted by atomic mass is 32.1. The summed E-state index contributed by atoms with van der Waals surface area (Å²) in [4.78, 5) is 12.1. The molecule has 5 heteroatoms. The van der Waals surface area contributed by atoms with Crippen LogP contribution in [0.3, 0.4) is 0 Å². The molecule has 20 heavy (non-hydrogen) atoms. The maximum atomic E-state index is 12.1. The monoisotopic (exact) mass is 287 g/mol. The Bertz CT molecular complexity index is 692. The third kappa shape index (κ3) is 3.05. The summed E-state index contributed by atoms with van der Waals surface area (Å²) in [5, 5.41) is 6.40. The molecule has 0 aliphatic carbocycles. The molecule has 1 heterocycles. The molecule has 0 aliphatic rings. The number of rotatable bonds is 2. The third-order valence-electron chi connectivity index (χ3n) is 3.25. The number of aromatic nitrogens is 1. The summed E-state index contributed by atoms with van der Waals surface area (Å²) in [6, 6.07) is 11.4. The zero-order valence-electron chi connectivity index (χ0n) is 11.7. The predicted molar refractivity (Wildman–Crippen MR) is 87.4 cm³/mol. The van der Waals surface area contributed by atoms with Gasteiger partial charge in [0.25, 0.3) is 5.56 Å². The lowest BCUT2D eigenvalue weighted by Gasteiger charge is -2.13. The fourth-order valence-corrected chi connectivity index (χ4v) is 2.10. The second-order valence-electron chi connectivity index (χ2n) is 4.64. The largest absolute Gasteiger partial charge is 0.332 e. The van der Waals surface area contributed by atoms with E-state index in [0.29, 0.717) is 10.8 Å². The van der Waals surface area contributed by atoms with Gasteiger partial charge in [0.1, 0.15) is 5.69 Å². The summed E-state index contributed by atoms with van der Waals surface area (Å²) in [6.45, 7) is 3.88. The van der Waals surface area contributed by atoms with Gasteiger partial charge in [-0.25, -0.2) is 0 Å². The van der Waals surface area contributed by atoms with Crippen LogP contribution >= 0.6 is 12.2 Å². The number of nitrogens with zero attached hydrogens (tertiary/aromatic N) is 1. The van der Waals surface area contributed by atoms with Gasteiger partial charge in [-0.15, -0.1) is 0 Å². The Morgan fingerprint density at radius 2 is 1.80 bits per heavy atom. The Morgan fingerprint density at radius 3 is 2.45 bits per heavy atom. The maximum absolute atomic E-state index is 12.1. The van der Waals surface area contributed by atoms with Crippen molar-refractivity contribution in [1.29, 1.82) is 0 Å². The molecule has 2 aromatic rings. The molecule has 0 fully saturated rings. The van der Waals surface area contributed by atoms with Crippen LogP contribution in [0.5, 0.6) is 0 Å². The summed E-state index contributed by atoms with van der Waals surface area (Å²) in [5.41, 5.74) is 3.25. The average molecular weight is 287 g/mol. The van der Waals surface area contributed by atoms with Crippen molar-refractivity contribution in [2.24, 2.45) is 7.05 Å². The van der Waals surface area contributed by atoms with Gasteiger partial charge in [-0.05, 0) is 49.8 Å². The first-order valence-corrected chi connectivity index (χ1v) is 6.70. The van der Waals surface area contributed by atoms with Crippen molar-refractivity contribution in [3.05, 3.63) is 58.0 Å². The number of pyridine rings is 1. The molecule has 1 aromatic carbocycles. The van der Waals surface area contributed by atoms with Crippen molar-refractivity contribution >= 4 is 28.7 Å². The molecule has 0 saturated heterocycles. The number of hydrogen-bond donors (Lipinski definition) is 2. The second-order valence-corrected chi connectivity index (χ2v) is 5.04. The van der Waals surface area contributed by atoms with Gasteiger partial charge in [0.05, 0.1) is 0 Å². The second kappa shape index (κ2) is 5.88. The molecular formula is C15H17N3OS. The van der Waals surface area contributed by atoms with Crippen LogP contribution in [0.4, 0.5) is 11.4 Å². The van der Waals surface area contributed by atoms with E-state index < -0.39 is 0 Å². The minimum Gasteiger partial charge on any atom is -0.332 e. The normalized spacial score (nSPS) is 10.2. The van der Waals surface area contributed by atoms with E-state index in [1.807, 2.05) is 50.2 Å². The quantitative estimate of drug-likeness (QED) is 0.834. The SMILES string of the molecule is Cc1cc(NC(=S)Nc2ccccc2)c(=O)n(C)c1C. The molecule has 2 N–H and O–H groups in total. The van der Waals surface area contributed by atoms with Gasteiger partial charge in [-0.2, -0.15) is 0 Å². The highest BCUT2D eigenvalue weighted by molar-refractivity contribution is 7.80. The molecule has 2 rings (SSSR count). The number of para-hydroxylation sites is 1. The van der Waals surface area contributed by atoms with Crippen LogP contribution in [0.15, 0.2) is 41.2 Å². The van der Waals surface area contributed by atoms with E-state index in [9.17, 15) is 4.79 Å². The number of nitrogens with one attached hydrogen (secondary N) is 2. The van der Waals surface area contributed by atoms with E-state index >= 15 is 0 Å². The van der Waals surface area contributed by atoms with Gasteiger partial charge in [0.2, 0.25) is 0 Å². The summed E-state index contributed by atoms with van der Waals surface area (Å²) in [5.74, 6) is 0. The lowest BCUT2D eigenvalue weighted by molar-refractivity contribution is 0.812. The number of thiocarbonyl (C=S) groups is 1. The van der Waals surface area contributed by atoms with Crippen LogP contribution in [0.1, 0.15) is 11.3 Å². The topological polar surface area (TPSA) is 46.1 Å². The van der Waals surface area contributed by atoms with Crippen LogP contribution in [0.2, 0.25) is 0 Å². The van der Waals surface area contributed by atoms with Crippen LogP contribution in [0.25, 0.3) is 0 Å². The molecule has 0 amide bonds. The number of hydrogen-bond acceptors (Lipinski definition) is 2. The fraction of sp³-hybridized carbons (Fsp3) is 0.200. The Labute approximate surface area is 123 Å². The lowest BCUT2D eigenvalue weighted by Crippen LogP contribution is -2.28. The first kappa shape index (κ1) is 14.3. The van der Waals surface area contributed by atoms with E-state index in [0.717, 1.165) is 16.9 Å².